The molecule has 1 aromatic rings. The zero-order valence-corrected chi connectivity index (χ0v) is 8.57. The maximum Gasteiger partial charge on any atom is 0.300 e. The fourth-order valence-electron chi connectivity index (χ4n) is 0.919. The number of hydrogen-bond donors (Lipinski definition) is 3. The molecule has 0 saturated carbocycles. The Hall–Kier alpha value is -1.67. The summed E-state index contributed by atoms with van der Waals surface area (Å²) in [6, 6.07) is 7.68. The van der Waals surface area contributed by atoms with Crippen LogP contribution in [0.2, 0.25) is 0 Å². The Morgan fingerprint density at radius 3 is 2.27 bits per heavy atom. The van der Waals surface area contributed by atoms with Crippen molar-refractivity contribution in [2.75, 3.05) is 0 Å². The van der Waals surface area contributed by atoms with E-state index in [0.717, 1.165) is 0 Å². The second-order valence-corrected chi connectivity index (χ2v) is 4.48. The van der Waals surface area contributed by atoms with Crippen LogP contribution in [0.15, 0.2) is 24.3 Å². The molecular formula is C8H9N4O2P. The van der Waals surface area contributed by atoms with Gasteiger partial charge in [0.05, 0.1) is 11.6 Å². The van der Waals surface area contributed by atoms with Gasteiger partial charge in [-0.25, -0.2) is 0 Å². The highest BCUT2D eigenvalue weighted by molar-refractivity contribution is 7.57. The van der Waals surface area contributed by atoms with E-state index in [1.165, 1.54) is 24.3 Å². The van der Waals surface area contributed by atoms with Crippen molar-refractivity contribution >= 4 is 13.5 Å². The SMILES string of the molecule is N#Cc1ccc(C(=O)NP(N)(N)=O)cc1. The molecule has 7 heteroatoms. The first-order valence-corrected chi connectivity index (χ1v) is 5.77. The minimum absolute atomic E-state index is 0.241. The van der Waals surface area contributed by atoms with E-state index in [9.17, 15) is 9.36 Å². The van der Waals surface area contributed by atoms with Crippen molar-refractivity contribution < 1.29 is 9.36 Å². The highest BCUT2D eigenvalue weighted by atomic mass is 31.2. The number of amides is 1. The number of hydrogen-bond acceptors (Lipinski definition) is 3. The second-order valence-electron chi connectivity index (χ2n) is 2.84. The van der Waals surface area contributed by atoms with Crippen molar-refractivity contribution in [3.8, 4) is 6.07 Å². The zero-order chi connectivity index (χ0) is 11.5. The predicted molar refractivity (Wildman–Crippen MR) is 54.6 cm³/mol. The molecule has 0 bridgehead atoms. The average molecular weight is 224 g/mol. The maximum absolute atomic E-state index is 11.3. The average Bonchev–Trinajstić information content (AvgIpc) is 2.15. The summed E-state index contributed by atoms with van der Waals surface area (Å²) in [6.07, 6.45) is 0. The first-order valence-electron chi connectivity index (χ1n) is 3.92. The Balaban J connectivity index is 2.85. The molecule has 0 saturated heterocycles. The highest BCUT2D eigenvalue weighted by Gasteiger charge is 2.14. The normalized spacial score (nSPS) is 10.5. The Morgan fingerprint density at radius 2 is 1.87 bits per heavy atom. The van der Waals surface area contributed by atoms with Crippen LogP contribution in [0.3, 0.4) is 0 Å². The van der Waals surface area contributed by atoms with Gasteiger partial charge in [0.1, 0.15) is 0 Å². The molecule has 0 aromatic heterocycles. The molecule has 0 fully saturated rings. The molecule has 78 valence electrons. The molecule has 15 heavy (non-hydrogen) atoms. The van der Waals surface area contributed by atoms with Gasteiger partial charge in [-0.05, 0) is 24.3 Å². The van der Waals surface area contributed by atoms with E-state index >= 15 is 0 Å². The molecule has 1 amide bonds. The van der Waals surface area contributed by atoms with Gasteiger partial charge in [0.25, 0.3) is 5.91 Å². The van der Waals surface area contributed by atoms with Crippen LogP contribution in [0.25, 0.3) is 0 Å². The third-order valence-corrected chi connectivity index (χ3v) is 2.11. The van der Waals surface area contributed by atoms with Gasteiger partial charge in [-0.15, -0.1) is 0 Å². The van der Waals surface area contributed by atoms with Crippen molar-refractivity contribution in [3.05, 3.63) is 35.4 Å². The third-order valence-electron chi connectivity index (χ3n) is 1.55. The van der Waals surface area contributed by atoms with Gasteiger partial charge < -0.3 is 0 Å². The number of nitrogens with zero attached hydrogens (tertiary/aromatic N) is 1. The maximum atomic E-state index is 11.3. The Bertz CT molecular complexity index is 457. The summed E-state index contributed by atoms with van der Waals surface area (Å²) in [5.74, 6) is -0.632. The Morgan fingerprint density at radius 1 is 1.33 bits per heavy atom. The lowest BCUT2D eigenvalue weighted by atomic mass is 10.1. The molecule has 0 spiro atoms. The van der Waals surface area contributed by atoms with E-state index in [1.807, 2.05) is 11.2 Å². The summed E-state index contributed by atoms with van der Waals surface area (Å²) in [5, 5.41) is 10.5. The van der Waals surface area contributed by atoms with Crippen molar-refractivity contribution in [2.24, 2.45) is 11.0 Å². The molecular weight excluding hydrogens is 215 g/mol. The fourth-order valence-corrected chi connectivity index (χ4v) is 1.37. The van der Waals surface area contributed by atoms with Crippen molar-refractivity contribution in [1.82, 2.24) is 5.09 Å². The van der Waals surface area contributed by atoms with E-state index in [2.05, 4.69) is 0 Å². The van der Waals surface area contributed by atoms with Crippen LogP contribution in [0.1, 0.15) is 15.9 Å². The van der Waals surface area contributed by atoms with Gasteiger partial charge in [-0.1, -0.05) is 0 Å². The number of carbonyl (C=O) groups is 1. The molecule has 0 heterocycles. The molecule has 0 radical (unpaired) electrons. The lowest BCUT2D eigenvalue weighted by Crippen LogP contribution is -2.28. The minimum atomic E-state index is -3.57. The van der Waals surface area contributed by atoms with Gasteiger partial charge in [-0.2, -0.15) is 5.26 Å². The number of rotatable bonds is 2. The lowest BCUT2D eigenvalue weighted by molar-refractivity contribution is 0.0980. The predicted octanol–water partition coefficient (Wildman–Crippen LogP) is 0.314. The van der Waals surface area contributed by atoms with Gasteiger partial charge in [0, 0.05) is 5.56 Å². The molecule has 0 aliphatic heterocycles. The molecule has 1 rings (SSSR count). The second kappa shape index (κ2) is 4.24. The van der Waals surface area contributed by atoms with Gasteiger partial charge >= 0.3 is 7.59 Å². The number of carbonyl (C=O) groups excluding carboxylic acids is 1. The molecule has 1 aromatic carbocycles. The first kappa shape index (κ1) is 11.4. The van der Waals surface area contributed by atoms with E-state index < -0.39 is 13.5 Å². The summed E-state index contributed by atoms with van der Waals surface area (Å²) >= 11 is 0. The van der Waals surface area contributed by atoms with Gasteiger partial charge in [0.2, 0.25) is 0 Å². The van der Waals surface area contributed by atoms with E-state index in [-0.39, 0.29) is 5.56 Å². The summed E-state index contributed by atoms with van der Waals surface area (Å²) in [5.41, 5.74) is 10.6. The van der Waals surface area contributed by atoms with Crippen molar-refractivity contribution in [1.29, 1.82) is 5.26 Å². The molecule has 0 aliphatic carbocycles. The molecule has 0 unspecified atom stereocenters. The Labute approximate surface area is 86.4 Å². The van der Waals surface area contributed by atoms with Crippen LogP contribution in [0.5, 0.6) is 0 Å². The number of nitrogens with two attached hydrogens (primary N) is 2. The minimum Gasteiger partial charge on any atom is -0.279 e. The standard InChI is InChI=1S/C8H9N4O2P/c9-5-6-1-3-7(4-2-6)8(13)12-15(10,11)14/h1-4H,(H5,10,11,12,13,14). The largest absolute Gasteiger partial charge is 0.300 e. The highest BCUT2D eigenvalue weighted by Crippen LogP contribution is 2.18. The zero-order valence-electron chi connectivity index (χ0n) is 7.68. The third kappa shape index (κ3) is 3.52. The molecule has 0 atom stereocenters. The van der Waals surface area contributed by atoms with E-state index in [1.54, 1.807) is 0 Å². The van der Waals surface area contributed by atoms with Crippen molar-refractivity contribution in [2.45, 2.75) is 0 Å². The fraction of sp³-hybridized carbons (Fsp3) is 0. The number of nitriles is 1. The summed E-state index contributed by atoms with van der Waals surface area (Å²) < 4.78 is 10.9. The molecule has 0 aliphatic rings. The quantitative estimate of drug-likeness (QED) is 0.624. The Kier molecular flexibility index (Phi) is 3.22. The van der Waals surface area contributed by atoms with E-state index in [4.69, 9.17) is 16.3 Å². The van der Waals surface area contributed by atoms with Crippen molar-refractivity contribution in [3.63, 3.8) is 0 Å². The smallest absolute Gasteiger partial charge is 0.279 e. The lowest BCUT2D eigenvalue weighted by Gasteiger charge is -2.08. The molecule has 6 nitrogen and oxygen atoms in total. The number of nitrogens with one attached hydrogen (secondary N) is 1. The summed E-state index contributed by atoms with van der Waals surface area (Å²) in [4.78, 5) is 11.3. The van der Waals surface area contributed by atoms with Crippen LogP contribution < -0.4 is 16.1 Å². The van der Waals surface area contributed by atoms with Gasteiger partial charge in [-0.3, -0.25) is 25.5 Å². The summed E-state index contributed by atoms with van der Waals surface area (Å²) in [7, 11) is -3.57. The number of benzene rings is 1. The van der Waals surface area contributed by atoms with Gasteiger partial charge in [0.15, 0.2) is 0 Å². The van der Waals surface area contributed by atoms with E-state index in [0.29, 0.717) is 5.56 Å². The van der Waals surface area contributed by atoms with Crippen LogP contribution in [-0.2, 0) is 4.57 Å². The monoisotopic (exact) mass is 224 g/mol. The molecule has 5 N–H and O–H groups in total. The van der Waals surface area contributed by atoms with Crippen LogP contribution >= 0.6 is 7.59 Å². The van der Waals surface area contributed by atoms with Crippen LogP contribution in [0.4, 0.5) is 0 Å². The van der Waals surface area contributed by atoms with Crippen LogP contribution in [-0.4, -0.2) is 5.91 Å². The topological polar surface area (TPSA) is 122 Å². The first-order chi connectivity index (χ1) is 6.92. The van der Waals surface area contributed by atoms with Crippen LogP contribution in [0, 0.1) is 11.3 Å². The summed E-state index contributed by atoms with van der Waals surface area (Å²) in [6.45, 7) is 0.